The number of nitro benzene ring substituents is 1. The molecule has 0 saturated carbocycles. The molecule has 0 aliphatic carbocycles. The second-order valence-electron chi connectivity index (χ2n) is 7.51. The number of nitro groups is 1. The van der Waals surface area contributed by atoms with E-state index in [2.05, 4.69) is 15.5 Å². The molecule has 174 valence electrons. The van der Waals surface area contributed by atoms with E-state index in [1.54, 1.807) is 36.4 Å². The van der Waals surface area contributed by atoms with Crippen LogP contribution >= 0.6 is 0 Å². The molecule has 2 heterocycles. The van der Waals surface area contributed by atoms with E-state index >= 15 is 0 Å². The van der Waals surface area contributed by atoms with Crippen molar-refractivity contribution in [3.63, 3.8) is 0 Å². The van der Waals surface area contributed by atoms with Crippen molar-refractivity contribution in [2.75, 3.05) is 11.9 Å². The first kappa shape index (κ1) is 21.8. The van der Waals surface area contributed by atoms with Crippen LogP contribution in [0.3, 0.4) is 0 Å². The van der Waals surface area contributed by atoms with Crippen molar-refractivity contribution in [1.29, 1.82) is 0 Å². The third-order valence-electron chi connectivity index (χ3n) is 5.21. The van der Waals surface area contributed by atoms with E-state index < -0.39 is 10.8 Å². The van der Waals surface area contributed by atoms with Gasteiger partial charge in [0.05, 0.1) is 22.8 Å². The Kier molecular flexibility index (Phi) is 5.68. The zero-order valence-electron chi connectivity index (χ0n) is 18.5. The molecule has 0 aliphatic heterocycles. The van der Waals surface area contributed by atoms with Crippen LogP contribution in [-0.4, -0.2) is 32.4 Å². The molecule has 0 bridgehead atoms. The minimum Gasteiger partial charge on any atom is -0.494 e. The van der Waals surface area contributed by atoms with Crippen LogP contribution in [0.2, 0.25) is 0 Å². The van der Waals surface area contributed by atoms with Crippen LogP contribution in [0, 0.1) is 10.1 Å². The number of carbonyl (C=O) groups excluding carboxylic acids is 1. The number of furan rings is 1. The quantitative estimate of drug-likeness (QED) is 0.255. The third kappa shape index (κ3) is 4.44. The van der Waals surface area contributed by atoms with Gasteiger partial charge in [-0.3, -0.25) is 14.9 Å². The van der Waals surface area contributed by atoms with E-state index in [0.29, 0.717) is 28.9 Å². The topological polar surface area (TPSA) is 125 Å². The molecule has 10 heteroatoms. The first-order valence-corrected chi connectivity index (χ1v) is 10.8. The number of hydrogen-bond acceptors (Lipinski definition) is 7. The van der Waals surface area contributed by atoms with Gasteiger partial charge >= 0.3 is 0 Å². The summed E-state index contributed by atoms with van der Waals surface area (Å²) in [6.45, 7) is 2.51. The molecule has 5 rings (SSSR count). The molecule has 0 aliphatic rings. The summed E-state index contributed by atoms with van der Waals surface area (Å²) >= 11 is 0. The number of carbonyl (C=O) groups is 1. The molecule has 0 unspecified atom stereocenters. The lowest BCUT2D eigenvalue weighted by Crippen LogP contribution is -2.10. The smallest absolute Gasteiger partial charge is 0.291 e. The van der Waals surface area contributed by atoms with E-state index in [0.717, 1.165) is 11.4 Å². The monoisotopic (exact) mass is 469 g/mol. The van der Waals surface area contributed by atoms with Crippen molar-refractivity contribution in [2.45, 2.75) is 6.92 Å². The van der Waals surface area contributed by atoms with Crippen molar-refractivity contribution in [3.8, 4) is 22.8 Å². The fourth-order valence-corrected chi connectivity index (χ4v) is 3.59. The van der Waals surface area contributed by atoms with Gasteiger partial charge in [-0.1, -0.05) is 12.1 Å². The van der Waals surface area contributed by atoms with Gasteiger partial charge in [-0.2, -0.15) is 4.80 Å². The summed E-state index contributed by atoms with van der Waals surface area (Å²) in [6.07, 6.45) is 0. The average molecular weight is 469 g/mol. The van der Waals surface area contributed by atoms with E-state index in [4.69, 9.17) is 9.15 Å². The van der Waals surface area contributed by atoms with Crippen LogP contribution in [0.1, 0.15) is 17.5 Å². The van der Waals surface area contributed by atoms with Crippen LogP contribution in [0.25, 0.3) is 28.0 Å². The molecule has 1 amide bonds. The number of aromatic nitrogens is 3. The SMILES string of the molecule is CCOc1ccc(-n2nc3ccc(NC(=O)c4ccc(-c5ccccc5[N+](=O)[O-])o4)cc3n2)cc1. The first-order chi connectivity index (χ1) is 17.0. The zero-order valence-corrected chi connectivity index (χ0v) is 18.5. The molecule has 0 saturated heterocycles. The molecule has 35 heavy (non-hydrogen) atoms. The minimum atomic E-state index is -0.493. The zero-order chi connectivity index (χ0) is 24.4. The van der Waals surface area contributed by atoms with Gasteiger partial charge < -0.3 is 14.5 Å². The molecule has 3 aromatic carbocycles. The average Bonchev–Trinajstić information content (AvgIpc) is 3.52. The Bertz CT molecular complexity index is 1540. The fraction of sp³-hybridized carbons (Fsp3) is 0.0800. The Morgan fingerprint density at radius 2 is 1.80 bits per heavy atom. The molecule has 0 radical (unpaired) electrons. The number of rotatable bonds is 7. The van der Waals surface area contributed by atoms with Gasteiger partial charge in [-0.15, -0.1) is 10.2 Å². The van der Waals surface area contributed by atoms with Gasteiger partial charge in [-0.05, 0) is 67.6 Å². The van der Waals surface area contributed by atoms with E-state index in [9.17, 15) is 14.9 Å². The highest BCUT2D eigenvalue weighted by Crippen LogP contribution is 2.31. The summed E-state index contributed by atoms with van der Waals surface area (Å²) in [5.41, 5.74) is 2.72. The van der Waals surface area contributed by atoms with Gasteiger partial charge in [0.1, 0.15) is 22.5 Å². The summed E-state index contributed by atoms with van der Waals surface area (Å²) in [5.74, 6) is 0.529. The Balaban J connectivity index is 1.35. The highest BCUT2D eigenvalue weighted by atomic mass is 16.6. The maximum absolute atomic E-state index is 12.7. The fourth-order valence-electron chi connectivity index (χ4n) is 3.59. The van der Waals surface area contributed by atoms with Crippen molar-refractivity contribution in [2.24, 2.45) is 0 Å². The van der Waals surface area contributed by atoms with E-state index in [-0.39, 0.29) is 17.2 Å². The Morgan fingerprint density at radius 1 is 1.03 bits per heavy atom. The number of para-hydroxylation sites is 1. The number of hydrogen-bond donors (Lipinski definition) is 1. The van der Waals surface area contributed by atoms with E-state index in [1.165, 1.54) is 23.0 Å². The van der Waals surface area contributed by atoms with Gasteiger partial charge in [0.25, 0.3) is 11.6 Å². The maximum Gasteiger partial charge on any atom is 0.291 e. The Labute approximate surface area is 198 Å². The maximum atomic E-state index is 12.7. The lowest BCUT2D eigenvalue weighted by atomic mass is 10.1. The predicted octanol–water partition coefficient (Wildman–Crippen LogP) is 5.24. The highest BCUT2D eigenvalue weighted by Gasteiger charge is 2.19. The second-order valence-corrected chi connectivity index (χ2v) is 7.51. The summed E-state index contributed by atoms with van der Waals surface area (Å²) in [4.78, 5) is 25.0. The van der Waals surface area contributed by atoms with Crippen molar-refractivity contribution < 1.29 is 18.9 Å². The van der Waals surface area contributed by atoms with Gasteiger partial charge in [0.15, 0.2) is 5.76 Å². The van der Waals surface area contributed by atoms with Gasteiger partial charge in [-0.25, -0.2) is 0 Å². The molecule has 0 fully saturated rings. The van der Waals surface area contributed by atoms with Crippen LogP contribution in [0.5, 0.6) is 5.75 Å². The van der Waals surface area contributed by atoms with Crippen LogP contribution < -0.4 is 10.1 Å². The standard InChI is InChI=1S/C25H19N5O5/c1-2-34-18-10-8-17(9-11-18)29-27-20-12-7-16(15-21(20)28-29)26-25(31)24-14-13-23(35-24)19-5-3-4-6-22(19)30(32)33/h3-15H,2H2,1H3,(H,26,31). The van der Waals surface area contributed by atoms with Crippen molar-refractivity contribution in [3.05, 3.63) is 94.7 Å². The first-order valence-electron chi connectivity index (χ1n) is 10.8. The van der Waals surface area contributed by atoms with E-state index in [1.807, 2.05) is 31.2 Å². The van der Waals surface area contributed by atoms with Crippen molar-refractivity contribution in [1.82, 2.24) is 15.0 Å². The lowest BCUT2D eigenvalue weighted by molar-refractivity contribution is -0.384. The molecule has 2 aromatic heterocycles. The van der Waals surface area contributed by atoms with Crippen LogP contribution in [0.15, 0.2) is 83.3 Å². The molecule has 5 aromatic rings. The Hall–Kier alpha value is -4.99. The second kappa shape index (κ2) is 9.10. The van der Waals surface area contributed by atoms with Gasteiger partial charge in [0.2, 0.25) is 0 Å². The molecule has 10 nitrogen and oxygen atoms in total. The molecule has 1 N–H and O–H groups in total. The predicted molar refractivity (Wildman–Crippen MR) is 129 cm³/mol. The summed E-state index contributed by atoms with van der Waals surface area (Å²) < 4.78 is 11.1. The Morgan fingerprint density at radius 3 is 2.57 bits per heavy atom. The number of benzene rings is 3. The highest BCUT2D eigenvalue weighted by molar-refractivity contribution is 6.03. The summed E-state index contributed by atoms with van der Waals surface area (Å²) in [5, 5.41) is 23.0. The van der Waals surface area contributed by atoms with Crippen LogP contribution in [-0.2, 0) is 0 Å². The van der Waals surface area contributed by atoms with Crippen LogP contribution in [0.4, 0.5) is 11.4 Å². The minimum absolute atomic E-state index is 0.0243. The summed E-state index contributed by atoms with van der Waals surface area (Å²) in [7, 11) is 0. The number of nitrogens with one attached hydrogen (secondary N) is 1. The third-order valence-corrected chi connectivity index (χ3v) is 5.21. The number of amides is 1. The number of fused-ring (bicyclic) bond motifs is 1. The normalized spacial score (nSPS) is 10.9. The molecular weight excluding hydrogens is 450 g/mol. The van der Waals surface area contributed by atoms with Gasteiger partial charge in [0, 0.05) is 11.8 Å². The number of anilines is 1. The number of ether oxygens (including phenoxy) is 1. The summed E-state index contributed by atoms with van der Waals surface area (Å²) in [6, 6.07) is 21.8. The molecule has 0 spiro atoms. The number of nitrogens with zero attached hydrogens (tertiary/aromatic N) is 4. The van der Waals surface area contributed by atoms with Crippen molar-refractivity contribution >= 4 is 28.3 Å². The largest absolute Gasteiger partial charge is 0.494 e. The molecule has 0 atom stereocenters. The lowest BCUT2D eigenvalue weighted by Gasteiger charge is -2.03. The molecular formula is C25H19N5O5.